The van der Waals surface area contributed by atoms with Crippen LogP contribution in [0.5, 0.6) is 0 Å². The maximum absolute atomic E-state index is 13.2. The molecule has 1 amide bonds. The minimum absolute atomic E-state index is 0.0215. The van der Waals surface area contributed by atoms with Gasteiger partial charge in [0.1, 0.15) is 0 Å². The summed E-state index contributed by atoms with van der Waals surface area (Å²) < 4.78 is 40.8. The summed E-state index contributed by atoms with van der Waals surface area (Å²) in [5, 5.41) is 0. The third-order valence-electron chi connectivity index (χ3n) is 8.05. The molecule has 0 radical (unpaired) electrons. The molecule has 0 unspecified atom stereocenters. The van der Waals surface area contributed by atoms with Crippen molar-refractivity contribution in [2.75, 3.05) is 44.7 Å². The largest absolute Gasteiger partial charge is 0.456 e. The second-order valence-electron chi connectivity index (χ2n) is 9.92. The Morgan fingerprint density at radius 3 is 2.11 bits per heavy atom. The number of alkyl halides is 3. The lowest BCUT2D eigenvalue weighted by molar-refractivity contribution is -0.0892. The molecular formula is C26H31F3N4O2. The Morgan fingerprint density at radius 2 is 1.49 bits per heavy atom. The number of nitrogens with zero attached hydrogens (tertiary/aromatic N) is 4. The van der Waals surface area contributed by atoms with E-state index in [1.807, 2.05) is 36.2 Å². The van der Waals surface area contributed by atoms with E-state index in [-0.39, 0.29) is 11.6 Å². The zero-order chi connectivity index (χ0) is 24.8. The molecule has 2 saturated heterocycles. The molecule has 1 aromatic heterocycles. The maximum atomic E-state index is 13.2. The van der Waals surface area contributed by atoms with Gasteiger partial charge in [0.25, 0.3) is 11.7 Å². The van der Waals surface area contributed by atoms with Gasteiger partial charge in [0.2, 0.25) is 0 Å². The Kier molecular flexibility index (Phi) is 6.15. The number of aromatic nitrogens is 1. The molecule has 0 atom stereocenters. The highest BCUT2D eigenvalue weighted by molar-refractivity contribution is 5.99. The monoisotopic (exact) mass is 488 g/mol. The number of carbonyl (C=O) groups is 2. The molecular weight excluding hydrogens is 457 g/mol. The smallest absolute Gasteiger partial charge is 0.372 e. The van der Waals surface area contributed by atoms with Crippen LogP contribution >= 0.6 is 0 Å². The van der Waals surface area contributed by atoms with E-state index < -0.39 is 17.5 Å². The zero-order valence-corrected chi connectivity index (χ0v) is 20.0. The molecule has 35 heavy (non-hydrogen) atoms. The number of hydrogen-bond acceptors (Lipinski definition) is 4. The molecule has 3 aliphatic rings. The fraction of sp³-hybridized carbons (Fsp3) is 0.538. The molecule has 1 spiro atoms. The van der Waals surface area contributed by atoms with E-state index in [4.69, 9.17) is 0 Å². The van der Waals surface area contributed by atoms with Crippen LogP contribution in [0.2, 0.25) is 0 Å². The lowest BCUT2D eigenvalue weighted by Crippen LogP contribution is -2.56. The van der Waals surface area contributed by atoms with Crippen LogP contribution in [0.4, 0.5) is 18.9 Å². The van der Waals surface area contributed by atoms with Crippen LogP contribution in [-0.4, -0.2) is 72.0 Å². The number of fused-ring (bicyclic) bond motifs is 2. The highest BCUT2D eigenvalue weighted by Crippen LogP contribution is 2.42. The van der Waals surface area contributed by atoms with Gasteiger partial charge in [0.15, 0.2) is 0 Å². The number of rotatable bonds is 3. The van der Waals surface area contributed by atoms with E-state index in [1.54, 1.807) is 6.07 Å². The van der Waals surface area contributed by atoms with Gasteiger partial charge in [-0.2, -0.15) is 13.2 Å². The number of likely N-dealkylation sites (tertiary alicyclic amines) is 1. The topological polar surface area (TPSA) is 48.8 Å². The molecule has 6 nitrogen and oxygen atoms in total. The average Bonchev–Trinajstić information content (AvgIpc) is 3.31. The van der Waals surface area contributed by atoms with Gasteiger partial charge in [0, 0.05) is 56.2 Å². The van der Waals surface area contributed by atoms with Gasteiger partial charge in [-0.25, -0.2) is 0 Å². The summed E-state index contributed by atoms with van der Waals surface area (Å²) in [7, 11) is 1.97. The summed E-state index contributed by atoms with van der Waals surface area (Å²) in [6, 6.07) is 10.8. The minimum Gasteiger partial charge on any atom is -0.372 e. The molecule has 4 heterocycles. The molecule has 5 rings (SSSR count). The van der Waals surface area contributed by atoms with Crippen molar-refractivity contribution in [3.63, 3.8) is 0 Å². The van der Waals surface area contributed by atoms with Crippen LogP contribution in [0, 0.1) is 0 Å². The number of Topliss-reactive ketones (excluding diaryl/α,β-unsaturated/α-hetero) is 1. The molecule has 0 saturated carbocycles. The molecule has 0 aliphatic carbocycles. The highest BCUT2D eigenvalue weighted by atomic mass is 19.4. The predicted molar refractivity (Wildman–Crippen MR) is 127 cm³/mol. The molecule has 0 N–H and O–H groups in total. The van der Waals surface area contributed by atoms with Crippen LogP contribution in [0.1, 0.15) is 58.6 Å². The van der Waals surface area contributed by atoms with Crippen LogP contribution in [0.25, 0.3) is 0 Å². The van der Waals surface area contributed by atoms with Crippen molar-refractivity contribution in [3.8, 4) is 0 Å². The van der Waals surface area contributed by atoms with Crippen molar-refractivity contribution in [2.45, 2.75) is 50.4 Å². The number of halogens is 3. The standard InChI is InChI=1S/C26H31F3N4O2/c1-30-17-18-33-21(23(34)26(27,28)29)9-10-22(33)25(30)11-15-32(16-12-25)24(35)19-5-7-20(8-6-19)31-13-3-2-4-14-31/h5-10H,2-4,11-18H2,1H3. The van der Waals surface area contributed by atoms with Gasteiger partial charge >= 0.3 is 6.18 Å². The molecule has 188 valence electrons. The number of ketones is 1. The zero-order valence-electron chi connectivity index (χ0n) is 20.0. The van der Waals surface area contributed by atoms with Crippen molar-refractivity contribution in [1.29, 1.82) is 0 Å². The predicted octanol–water partition coefficient (Wildman–Crippen LogP) is 4.30. The molecule has 2 fully saturated rings. The van der Waals surface area contributed by atoms with Crippen molar-refractivity contribution in [3.05, 3.63) is 53.3 Å². The molecule has 2 aromatic rings. The first kappa shape index (κ1) is 23.9. The summed E-state index contributed by atoms with van der Waals surface area (Å²) in [4.78, 5) is 31.5. The van der Waals surface area contributed by atoms with Gasteiger partial charge in [-0.1, -0.05) is 0 Å². The van der Waals surface area contributed by atoms with E-state index in [0.29, 0.717) is 44.6 Å². The third kappa shape index (κ3) is 4.24. The first-order valence-electron chi connectivity index (χ1n) is 12.4. The van der Waals surface area contributed by atoms with Crippen LogP contribution in [-0.2, 0) is 12.1 Å². The minimum atomic E-state index is -4.90. The van der Waals surface area contributed by atoms with Gasteiger partial charge in [-0.15, -0.1) is 0 Å². The van der Waals surface area contributed by atoms with E-state index in [2.05, 4.69) is 9.80 Å². The Hall–Kier alpha value is -2.81. The summed E-state index contributed by atoms with van der Waals surface area (Å²) in [5.74, 6) is -1.82. The Bertz CT molecular complexity index is 1090. The van der Waals surface area contributed by atoms with Gasteiger partial charge in [-0.05, 0) is 75.5 Å². The lowest BCUT2D eigenvalue weighted by atomic mass is 9.81. The van der Waals surface area contributed by atoms with Crippen molar-refractivity contribution in [1.82, 2.24) is 14.4 Å². The molecule has 1 aromatic carbocycles. The number of piperidine rings is 2. The summed E-state index contributed by atoms with van der Waals surface area (Å²) in [5.41, 5.74) is 1.74. The average molecular weight is 489 g/mol. The highest BCUT2D eigenvalue weighted by Gasteiger charge is 2.47. The Morgan fingerprint density at radius 1 is 0.829 bits per heavy atom. The summed E-state index contributed by atoms with van der Waals surface area (Å²) in [6.45, 7) is 3.99. The Labute approximate surface area is 203 Å². The van der Waals surface area contributed by atoms with Gasteiger partial charge in [-0.3, -0.25) is 14.5 Å². The molecule has 9 heteroatoms. The maximum Gasteiger partial charge on any atom is 0.456 e. The quantitative estimate of drug-likeness (QED) is 0.605. The van der Waals surface area contributed by atoms with Gasteiger partial charge < -0.3 is 14.4 Å². The number of hydrogen-bond donors (Lipinski definition) is 0. The number of amides is 1. The second kappa shape index (κ2) is 9.00. The second-order valence-corrected chi connectivity index (χ2v) is 9.92. The summed E-state index contributed by atoms with van der Waals surface area (Å²) >= 11 is 0. The lowest BCUT2D eigenvalue weighted by Gasteiger charge is -2.50. The van der Waals surface area contributed by atoms with Crippen molar-refractivity contribution >= 4 is 17.4 Å². The molecule has 3 aliphatic heterocycles. The van der Waals surface area contributed by atoms with Crippen LogP contribution in [0.3, 0.4) is 0 Å². The first-order valence-corrected chi connectivity index (χ1v) is 12.4. The van der Waals surface area contributed by atoms with Crippen molar-refractivity contribution in [2.24, 2.45) is 0 Å². The SMILES string of the molecule is CN1CCn2c(C(=O)C(F)(F)F)ccc2C12CCN(C(=O)c1ccc(N3CCCCC3)cc1)CC2. The molecule has 0 bridgehead atoms. The van der Waals surface area contributed by atoms with Crippen LogP contribution in [0.15, 0.2) is 36.4 Å². The normalized spacial score (nSPS) is 20.7. The number of anilines is 1. The van der Waals surface area contributed by atoms with E-state index in [1.165, 1.54) is 29.9 Å². The van der Waals surface area contributed by atoms with E-state index in [9.17, 15) is 22.8 Å². The van der Waals surface area contributed by atoms with E-state index >= 15 is 0 Å². The van der Waals surface area contributed by atoms with Crippen molar-refractivity contribution < 1.29 is 22.8 Å². The van der Waals surface area contributed by atoms with E-state index in [0.717, 1.165) is 24.5 Å². The number of likely N-dealkylation sites (N-methyl/N-ethyl adjacent to an activating group) is 1. The Balaban J connectivity index is 1.30. The van der Waals surface area contributed by atoms with Gasteiger partial charge in [0.05, 0.1) is 11.2 Å². The number of carbonyl (C=O) groups excluding carboxylic acids is 2. The first-order chi connectivity index (χ1) is 16.7. The fourth-order valence-corrected chi connectivity index (χ4v) is 5.98. The van der Waals surface area contributed by atoms with Crippen LogP contribution < -0.4 is 4.90 Å². The third-order valence-corrected chi connectivity index (χ3v) is 8.05. The fourth-order valence-electron chi connectivity index (χ4n) is 5.98. The number of benzene rings is 1. The summed E-state index contributed by atoms with van der Waals surface area (Å²) in [6.07, 6.45) is -0.0380.